The quantitative estimate of drug-likeness (QED) is 0.527. The first-order chi connectivity index (χ1) is 10.8. The summed E-state index contributed by atoms with van der Waals surface area (Å²) < 4.78 is 0. The van der Waals surface area contributed by atoms with E-state index >= 15 is 0 Å². The first-order valence-electron chi connectivity index (χ1n) is 8.66. The molecule has 1 aromatic carbocycles. The van der Waals surface area contributed by atoms with Crippen molar-refractivity contribution < 1.29 is 0 Å². The van der Waals surface area contributed by atoms with Crippen molar-refractivity contribution in [1.82, 2.24) is 0 Å². The van der Waals surface area contributed by atoms with E-state index in [1.807, 2.05) is 12.3 Å². The van der Waals surface area contributed by atoms with Crippen LogP contribution < -0.4 is 0 Å². The summed E-state index contributed by atoms with van der Waals surface area (Å²) in [6, 6.07) is 6.53. The maximum Gasteiger partial charge on any atom is 0.0769 e. The van der Waals surface area contributed by atoms with Crippen molar-refractivity contribution in [3.05, 3.63) is 41.5 Å². The van der Waals surface area contributed by atoms with Crippen molar-refractivity contribution in [3.63, 3.8) is 0 Å². The predicted octanol–water partition coefficient (Wildman–Crippen LogP) is 6.31. The molecule has 0 aliphatic heterocycles. The van der Waals surface area contributed by atoms with Crippen LogP contribution in [-0.4, -0.2) is 18.5 Å². The summed E-state index contributed by atoms with van der Waals surface area (Å²) in [5.41, 5.74) is 4.83. The van der Waals surface area contributed by atoms with Gasteiger partial charge in [-0.15, -0.1) is 0 Å². The standard InChI is InChI=1S/C21H32N2/c1-15(2)10-9-13-22-14-18(7)23-21-19(16(3)4)11-8-12-20(21)17(5)6/h8-13,15-17H,14H2,1-7H3/b10-9-,22-13?,23-18?. The van der Waals surface area contributed by atoms with Gasteiger partial charge in [0.2, 0.25) is 0 Å². The SMILES string of the molecule is CC(CN=C/C=C\C(C)C)=Nc1c(C(C)C)cccc1C(C)C. The Bertz CT molecular complexity index is 549. The summed E-state index contributed by atoms with van der Waals surface area (Å²) in [7, 11) is 0. The summed E-state index contributed by atoms with van der Waals surface area (Å²) in [6.45, 7) is 15.9. The molecular weight excluding hydrogens is 280 g/mol. The van der Waals surface area contributed by atoms with E-state index in [1.54, 1.807) is 0 Å². The molecule has 23 heavy (non-hydrogen) atoms. The van der Waals surface area contributed by atoms with Crippen molar-refractivity contribution in [2.75, 3.05) is 6.54 Å². The van der Waals surface area contributed by atoms with Crippen molar-refractivity contribution in [3.8, 4) is 0 Å². The minimum absolute atomic E-state index is 0.470. The third-order valence-electron chi connectivity index (χ3n) is 3.65. The van der Waals surface area contributed by atoms with Crippen LogP contribution in [0.3, 0.4) is 0 Å². The van der Waals surface area contributed by atoms with Crippen molar-refractivity contribution in [1.29, 1.82) is 0 Å². The summed E-state index contributed by atoms with van der Waals surface area (Å²) in [5.74, 6) is 1.50. The Morgan fingerprint density at radius 2 is 1.57 bits per heavy atom. The first-order valence-corrected chi connectivity index (χ1v) is 8.66. The molecule has 2 heteroatoms. The molecule has 0 aromatic heterocycles. The number of rotatable bonds is 7. The molecule has 0 aliphatic rings. The zero-order valence-electron chi connectivity index (χ0n) is 15.8. The van der Waals surface area contributed by atoms with Gasteiger partial charge in [-0.1, -0.05) is 65.8 Å². The lowest BCUT2D eigenvalue weighted by atomic mass is 9.93. The molecule has 0 aliphatic carbocycles. The van der Waals surface area contributed by atoms with E-state index in [9.17, 15) is 0 Å². The van der Waals surface area contributed by atoms with Crippen LogP contribution in [0.4, 0.5) is 5.69 Å². The van der Waals surface area contributed by atoms with E-state index in [0.29, 0.717) is 24.3 Å². The molecular formula is C21H32N2. The molecule has 0 amide bonds. The highest BCUT2D eigenvalue weighted by molar-refractivity contribution is 5.89. The summed E-state index contributed by atoms with van der Waals surface area (Å²) in [4.78, 5) is 9.36. The monoisotopic (exact) mass is 312 g/mol. The van der Waals surface area contributed by atoms with Gasteiger partial charge in [-0.3, -0.25) is 9.98 Å². The Morgan fingerprint density at radius 1 is 1.00 bits per heavy atom. The maximum atomic E-state index is 4.91. The normalized spacial score (nSPS) is 13.4. The highest BCUT2D eigenvalue weighted by Gasteiger charge is 2.13. The second kappa shape index (κ2) is 9.44. The summed E-state index contributed by atoms with van der Waals surface area (Å²) in [6.07, 6.45) is 6.02. The molecule has 0 saturated carbocycles. The number of benzene rings is 1. The van der Waals surface area contributed by atoms with Crippen LogP contribution in [0.2, 0.25) is 0 Å². The van der Waals surface area contributed by atoms with Gasteiger partial charge in [0.1, 0.15) is 0 Å². The van der Waals surface area contributed by atoms with E-state index in [1.165, 1.54) is 11.1 Å². The average Bonchev–Trinajstić information content (AvgIpc) is 2.46. The Labute approximate surface area is 142 Å². The maximum absolute atomic E-state index is 4.91. The fraction of sp³-hybridized carbons (Fsp3) is 0.524. The van der Waals surface area contributed by atoms with Gasteiger partial charge in [0.15, 0.2) is 0 Å². The molecule has 0 bridgehead atoms. The highest BCUT2D eigenvalue weighted by Crippen LogP contribution is 2.34. The lowest BCUT2D eigenvalue weighted by Gasteiger charge is -2.16. The van der Waals surface area contributed by atoms with Gasteiger partial charge in [0.25, 0.3) is 0 Å². The van der Waals surface area contributed by atoms with Crippen LogP contribution in [0.25, 0.3) is 0 Å². The van der Waals surface area contributed by atoms with Crippen LogP contribution in [0.15, 0.2) is 40.3 Å². The molecule has 0 fully saturated rings. The number of allylic oxidation sites excluding steroid dienone is 2. The number of aliphatic imine (C=N–C) groups is 2. The molecule has 0 saturated heterocycles. The molecule has 2 nitrogen and oxygen atoms in total. The van der Waals surface area contributed by atoms with E-state index in [2.05, 4.69) is 77.7 Å². The molecule has 1 rings (SSSR count). The van der Waals surface area contributed by atoms with Crippen LogP contribution in [0.1, 0.15) is 71.4 Å². The third kappa shape index (κ3) is 6.52. The number of nitrogens with zero attached hydrogens (tertiary/aromatic N) is 2. The van der Waals surface area contributed by atoms with Gasteiger partial charge in [0.05, 0.1) is 12.2 Å². The van der Waals surface area contributed by atoms with E-state index < -0.39 is 0 Å². The minimum atomic E-state index is 0.470. The fourth-order valence-corrected chi connectivity index (χ4v) is 2.38. The van der Waals surface area contributed by atoms with Crippen molar-refractivity contribution >= 4 is 17.6 Å². The second-order valence-electron chi connectivity index (χ2n) is 7.06. The Morgan fingerprint density at radius 3 is 2.04 bits per heavy atom. The number of hydrogen-bond donors (Lipinski definition) is 0. The number of hydrogen-bond acceptors (Lipinski definition) is 2. The molecule has 1 aromatic rings. The minimum Gasteiger partial charge on any atom is -0.287 e. The summed E-state index contributed by atoms with van der Waals surface area (Å²) in [5, 5.41) is 0. The second-order valence-corrected chi connectivity index (χ2v) is 7.06. The van der Waals surface area contributed by atoms with Crippen molar-refractivity contribution in [2.24, 2.45) is 15.9 Å². The van der Waals surface area contributed by atoms with Gasteiger partial charge < -0.3 is 0 Å². The predicted molar refractivity (Wildman–Crippen MR) is 105 cm³/mol. The molecule has 0 atom stereocenters. The first kappa shape index (κ1) is 19.3. The average molecular weight is 313 g/mol. The molecule has 0 heterocycles. The van der Waals surface area contributed by atoms with Crippen LogP contribution >= 0.6 is 0 Å². The van der Waals surface area contributed by atoms with Gasteiger partial charge in [-0.25, -0.2) is 0 Å². The lowest BCUT2D eigenvalue weighted by Crippen LogP contribution is -2.00. The van der Waals surface area contributed by atoms with Crippen molar-refractivity contribution in [2.45, 2.75) is 60.3 Å². The van der Waals surface area contributed by atoms with E-state index in [-0.39, 0.29) is 0 Å². The topological polar surface area (TPSA) is 24.7 Å². The smallest absolute Gasteiger partial charge is 0.0769 e. The third-order valence-corrected chi connectivity index (χ3v) is 3.65. The summed E-state index contributed by atoms with van der Waals surface area (Å²) >= 11 is 0. The van der Waals surface area contributed by atoms with E-state index in [0.717, 1.165) is 11.4 Å². The zero-order chi connectivity index (χ0) is 17.4. The zero-order valence-corrected chi connectivity index (χ0v) is 15.8. The van der Waals surface area contributed by atoms with Gasteiger partial charge in [0, 0.05) is 11.9 Å². The highest BCUT2D eigenvalue weighted by atomic mass is 14.8. The van der Waals surface area contributed by atoms with E-state index in [4.69, 9.17) is 4.99 Å². The van der Waals surface area contributed by atoms with Gasteiger partial charge >= 0.3 is 0 Å². The molecule has 0 radical (unpaired) electrons. The van der Waals surface area contributed by atoms with Crippen LogP contribution in [0.5, 0.6) is 0 Å². The molecule has 126 valence electrons. The molecule has 0 unspecified atom stereocenters. The largest absolute Gasteiger partial charge is 0.287 e. The Balaban J connectivity index is 3.01. The van der Waals surface area contributed by atoms with Crippen LogP contribution in [0, 0.1) is 5.92 Å². The van der Waals surface area contributed by atoms with Gasteiger partial charge in [-0.05, 0) is 41.9 Å². The number of para-hydroxylation sites is 1. The Hall–Kier alpha value is -1.70. The molecule has 0 spiro atoms. The fourth-order valence-electron chi connectivity index (χ4n) is 2.38. The van der Waals surface area contributed by atoms with Gasteiger partial charge in [-0.2, -0.15) is 0 Å². The van der Waals surface area contributed by atoms with Crippen LogP contribution in [-0.2, 0) is 0 Å². The molecule has 0 N–H and O–H groups in total. The Kier molecular flexibility index (Phi) is 7.94. The lowest BCUT2D eigenvalue weighted by molar-refractivity contribution is 0.833.